The summed E-state index contributed by atoms with van der Waals surface area (Å²) in [6, 6.07) is 9.68. The van der Waals surface area contributed by atoms with E-state index in [4.69, 9.17) is 19.6 Å². The lowest BCUT2D eigenvalue weighted by Crippen LogP contribution is -2.01. The fourth-order valence-electron chi connectivity index (χ4n) is 1.96. The fraction of sp³-hybridized carbons (Fsp3) is 0.412. The van der Waals surface area contributed by atoms with Crippen LogP contribution >= 0.6 is 0 Å². The first-order valence-corrected chi connectivity index (χ1v) is 7.47. The highest BCUT2D eigenvalue weighted by Gasteiger charge is 2.10. The first-order chi connectivity index (χ1) is 10.3. The molecule has 0 saturated heterocycles. The average molecular weight is 289 g/mol. The van der Waals surface area contributed by atoms with Gasteiger partial charge in [-0.1, -0.05) is 13.8 Å². The average Bonchev–Trinajstić information content (AvgIpc) is 3.00. The molecule has 4 heteroatoms. The van der Waals surface area contributed by atoms with Gasteiger partial charge in [-0.25, -0.2) is 0 Å². The summed E-state index contributed by atoms with van der Waals surface area (Å²) >= 11 is 0. The maximum Gasteiger partial charge on any atom is 0.161 e. The summed E-state index contributed by atoms with van der Waals surface area (Å²) < 4.78 is 17.2. The van der Waals surface area contributed by atoms with Gasteiger partial charge in [0.25, 0.3) is 0 Å². The maximum absolute atomic E-state index is 5.79. The largest absolute Gasteiger partial charge is 0.490 e. The van der Waals surface area contributed by atoms with E-state index in [1.807, 2.05) is 30.3 Å². The van der Waals surface area contributed by atoms with Gasteiger partial charge in [0.15, 0.2) is 11.5 Å². The molecule has 0 amide bonds. The number of hydrogen-bond donors (Lipinski definition) is 1. The Morgan fingerprint density at radius 2 is 1.67 bits per heavy atom. The Hall–Kier alpha value is -1.94. The minimum Gasteiger partial charge on any atom is -0.490 e. The van der Waals surface area contributed by atoms with Gasteiger partial charge in [0.1, 0.15) is 11.5 Å². The minimum atomic E-state index is 0.400. The zero-order chi connectivity index (χ0) is 15.1. The molecule has 0 radical (unpaired) electrons. The van der Waals surface area contributed by atoms with E-state index in [1.54, 1.807) is 0 Å². The number of rotatable bonds is 8. The molecular weight excluding hydrogens is 266 g/mol. The van der Waals surface area contributed by atoms with Gasteiger partial charge < -0.3 is 19.6 Å². The smallest absolute Gasteiger partial charge is 0.161 e. The van der Waals surface area contributed by atoms with Crippen molar-refractivity contribution in [1.82, 2.24) is 0 Å². The Morgan fingerprint density at radius 1 is 0.952 bits per heavy atom. The second-order valence-electron chi connectivity index (χ2n) is 4.83. The third-order valence-corrected chi connectivity index (χ3v) is 3.01. The van der Waals surface area contributed by atoms with Crippen LogP contribution in [0.1, 0.15) is 32.4 Å². The molecule has 4 nitrogen and oxygen atoms in total. The van der Waals surface area contributed by atoms with Crippen molar-refractivity contribution in [3.63, 3.8) is 0 Å². The monoisotopic (exact) mass is 289 g/mol. The minimum absolute atomic E-state index is 0.400. The highest BCUT2D eigenvalue weighted by Crippen LogP contribution is 2.33. The zero-order valence-corrected chi connectivity index (χ0v) is 12.7. The van der Waals surface area contributed by atoms with Gasteiger partial charge in [-0.15, -0.1) is 0 Å². The van der Waals surface area contributed by atoms with E-state index in [2.05, 4.69) is 13.8 Å². The van der Waals surface area contributed by atoms with Crippen LogP contribution in [0.2, 0.25) is 0 Å². The number of ether oxygens (including phenoxy) is 2. The van der Waals surface area contributed by atoms with E-state index in [0.29, 0.717) is 19.8 Å². The molecule has 0 unspecified atom stereocenters. The molecule has 2 aromatic rings. The molecule has 2 rings (SSSR count). The van der Waals surface area contributed by atoms with Crippen molar-refractivity contribution < 1.29 is 13.9 Å². The van der Waals surface area contributed by atoms with Crippen molar-refractivity contribution in [2.45, 2.75) is 33.2 Å². The van der Waals surface area contributed by atoms with Crippen molar-refractivity contribution in [2.75, 3.05) is 13.2 Å². The van der Waals surface area contributed by atoms with Gasteiger partial charge in [-0.2, -0.15) is 0 Å². The van der Waals surface area contributed by atoms with Crippen molar-refractivity contribution >= 4 is 0 Å². The predicted octanol–water partition coefficient (Wildman–Crippen LogP) is 3.98. The summed E-state index contributed by atoms with van der Waals surface area (Å²) in [4.78, 5) is 0. The predicted molar refractivity (Wildman–Crippen MR) is 83.6 cm³/mol. The first-order valence-electron chi connectivity index (χ1n) is 7.47. The number of nitrogens with two attached hydrogens (primary N) is 1. The fourth-order valence-corrected chi connectivity index (χ4v) is 1.96. The number of hydrogen-bond acceptors (Lipinski definition) is 4. The molecular formula is C17H23NO3. The van der Waals surface area contributed by atoms with E-state index in [9.17, 15) is 0 Å². The van der Waals surface area contributed by atoms with Crippen LogP contribution in [0.15, 0.2) is 34.7 Å². The molecule has 2 N–H and O–H groups in total. The van der Waals surface area contributed by atoms with Crippen LogP contribution in [0.5, 0.6) is 11.5 Å². The molecule has 0 atom stereocenters. The van der Waals surface area contributed by atoms with Gasteiger partial charge in [0.05, 0.1) is 19.8 Å². The van der Waals surface area contributed by atoms with Crippen LogP contribution in [0.4, 0.5) is 0 Å². The standard InChI is InChI=1S/C17H23NO3/c1-3-9-19-16-7-5-13(11-17(16)20-10-4-2)15-8-6-14(12-18)21-15/h5-8,11H,3-4,9-10,12,18H2,1-2H3. The van der Waals surface area contributed by atoms with Crippen LogP contribution in [-0.4, -0.2) is 13.2 Å². The maximum atomic E-state index is 5.79. The number of furan rings is 1. The third kappa shape index (κ3) is 4.02. The molecule has 0 spiro atoms. The second-order valence-corrected chi connectivity index (χ2v) is 4.83. The summed E-state index contributed by atoms with van der Waals surface area (Å²) in [6.07, 6.45) is 1.92. The molecule has 1 heterocycles. The van der Waals surface area contributed by atoms with Crippen LogP contribution < -0.4 is 15.2 Å². The SMILES string of the molecule is CCCOc1ccc(-c2ccc(CN)o2)cc1OCCC. The van der Waals surface area contributed by atoms with Gasteiger partial charge in [-0.3, -0.25) is 0 Å². The van der Waals surface area contributed by atoms with Crippen molar-refractivity contribution in [1.29, 1.82) is 0 Å². The highest BCUT2D eigenvalue weighted by atomic mass is 16.5. The summed E-state index contributed by atoms with van der Waals surface area (Å²) in [6.45, 7) is 5.91. The lowest BCUT2D eigenvalue weighted by molar-refractivity contribution is 0.268. The van der Waals surface area contributed by atoms with E-state index in [0.717, 1.165) is 41.4 Å². The summed E-state index contributed by atoms with van der Waals surface area (Å²) in [5.41, 5.74) is 6.54. The van der Waals surface area contributed by atoms with Gasteiger partial charge in [0, 0.05) is 5.56 Å². The molecule has 114 valence electrons. The summed E-state index contributed by atoms with van der Waals surface area (Å²) in [5.74, 6) is 3.10. The first kappa shape index (κ1) is 15.4. The summed E-state index contributed by atoms with van der Waals surface area (Å²) in [5, 5.41) is 0. The molecule has 0 bridgehead atoms. The van der Waals surface area contributed by atoms with Crippen LogP contribution in [0, 0.1) is 0 Å². The van der Waals surface area contributed by atoms with Gasteiger partial charge in [-0.05, 0) is 43.2 Å². The van der Waals surface area contributed by atoms with E-state index >= 15 is 0 Å². The van der Waals surface area contributed by atoms with Crippen molar-refractivity contribution in [2.24, 2.45) is 5.73 Å². The zero-order valence-electron chi connectivity index (χ0n) is 12.7. The molecule has 1 aromatic heterocycles. The van der Waals surface area contributed by atoms with E-state index in [1.165, 1.54) is 0 Å². The molecule has 0 aliphatic heterocycles. The molecule has 0 aliphatic carbocycles. The topological polar surface area (TPSA) is 57.6 Å². The normalized spacial score (nSPS) is 10.6. The molecule has 21 heavy (non-hydrogen) atoms. The van der Waals surface area contributed by atoms with E-state index < -0.39 is 0 Å². The lowest BCUT2D eigenvalue weighted by atomic mass is 10.1. The molecule has 0 saturated carbocycles. The Kier molecular flexibility index (Phi) is 5.69. The molecule has 0 aliphatic rings. The lowest BCUT2D eigenvalue weighted by Gasteiger charge is -2.13. The third-order valence-electron chi connectivity index (χ3n) is 3.01. The Balaban J connectivity index is 2.26. The quantitative estimate of drug-likeness (QED) is 0.798. The van der Waals surface area contributed by atoms with Gasteiger partial charge in [0.2, 0.25) is 0 Å². The second kappa shape index (κ2) is 7.74. The van der Waals surface area contributed by atoms with Crippen LogP contribution in [0.3, 0.4) is 0 Å². The van der Waals surface area contributed by atoms with Crippen molar-refractivity contribution in [3.05, 3.63) is 36.1 Å². The molecule has 0 fully saturated rings. The van der Waals surface area contributed by atoms with Crippen LogP contribution in [-0.2, 0) is 6.54 Å². The van der Waals surface area contributed by atoms with Crippen LogP contribution in [0.25, 0.3) is 11.3 Å². The Morgan fingerprint density at radius 3 is 2.29 bits per heavy atom. The Bertz CT molecular complexity index is 563. The van der Waals surface area contributed by atoms with Gasteiger partial charge >= 0.3 is 0 Å². The highest BCUT2D eigenvalue weighted by molar-refractivity contribution is 5.63. The Labute approximate surface area is 125 Å². The van der Waals surface area contributed by atoms with Crippen molar-refractivity contribution in [3.8, 4) is 22.8 Å². The van der Waals surface area contributed by atoms with E-state index in [-0.39, 0.29) is 0 Å². The summed E-state index contributed by atoms with van der Waals surface area (Å²) in [7, 11) is 0. The molecule has 1 aromatic carbocycles. The number of benzene rings is 1.